The summed E-state index contributed by atoms with van der Waals surface area (Å²) in [5.74, 6) is 0.614. The van der Waals surface area contributed by atoms with Crippen molar-refractivity contribution in [2.45, 2.75) is 30.6 Å². The number of rotatable bonds is 11. The fourth-order valence-corrected chi connectivity index (χ4v) is 6.59. The summed E-state index contributed by atoms with van der Waals surface area (Å²) in [6.07, 6.45) is 1.68. The molecule has 1 aliphatic rings. The van der Waals surface area contributed by atoms with Gasteiger partial charge in [0.2, 0.25) is 10.0 Å². The van der Waals surface area contributed by atoms with Crippen LogP contribution in [0.5, 0.6) is 5.75 Å². The predicted molar refractivity (Wildman–Crippen MR) is 139 cm³/mol. The third kappa shape index (κ3) is 7.40. The molecule has 1 saturated heterocycles. The molecule has 9 nitrogen and oxygen atoms in total. The van der Waals surface area contributed by atoms with Crippen molar-refractivity contribution in [3.63, 3.8) is 0 Å². The number of anilines is 1. The fraction of sp³-hybridized carbons (Fsp3) is 0.500. The van der Waals surface area contributed by atoms with Crippen molar-refractivity contribution in [2.75, 3.05) is 52.3 Å². The molecular formula is C24H36N4O5S2. The standard InChI is InChI=1S/C24H36N4O5S2/c1-19(16-25-34(29,30)24-12-10-22(11-13-24)27(2)3)17-26-35(31,32)28-14-6-8-21(18-28)20-7-5-9-23(15-20)33-4/h5,7,9-13,15,19,21,25-26H,6,8,14,16-18H2,1-4H3/t19-,21?/m0/s1. The minimum absolute atomic E-state index is 0.0959. The average molecular weight is 525 g/mol. The van der Waals surface area contributed by atoms with E-state index >= 15 is 0 Å². The molecule has 0 bridgehead atoms. The van der Waals surface area contributed by atoms with Gasteiger partial charge in [0, 0.05) is 46.0 Å². The van der Waals surface area contributed by atoms with Gasteiger partial charge in [-0.05, 0) is 66.6 Å². The lowest BCUT2D eigenvalue weighted by Gasteiger charge is -2.32. The smallest absolute Gasteiger partial charge is 0.279 e. The SMILES string of the molecule is COc1cccc(C2CCCN(S(=O)(=O)NC[C@@H](C)CNS(=O)(=O)c3ccc(N(C)C)cc3)C2)c1. The number of hydrogen-bond acceptors (Lipinski definition) is 6. The maximum atomic E-state index is 12.9. The molecular weight excluding hydrogens is 488 g/mol. The van der Waals surface area contributed by atoms with Gasteiger partial charge in [-0.25, -0.2) is 17.9 Å². The van der Waals surface area contributed by atoms with Crippen LogP contribution in [-0.4, -0.2) is 68.5 Å². The van der Waals surface area contributed by atoms with E-state index in [0.29, 0.717) is 13.1 Å². The van der Waals surface area contributed by atoms with E-state index in [1.54, 1.807) is 38.3 Å². The van der Waals surface area contributed by atoms with Gasteiger partial charge in [0.1, 0.15) is 5.75 Å². The highest BCUT2D eigenvalue weighted by molar-refractivity contribution is 7.89. The molecule has 194 valence electrons. The van der Waals surface area contributed by atoms with E-state index in [9.17, 15) is 16.8 Å². The van der Waals surface area contributed by atoms with Crippen molar-refractivity contribution < 1.29 is 21.6 Å². The van der Waals surface area contributed by atoms with Crippen LogP contribution in [0.1, 0.15) is 31.2 Å². The van der Waals surface area contributed by atoms with Crippen molar-refractivity contribution in [2.24, 2.45) is 5.92 Å². The summed E-state index contributed by atoms with van der Waals surface area (Å²) in [4.78, 5) is 2.06. The molecule has 35 heavy (non-hydrogen) atoms. The molecule has 0 spiro atoms. The molecule has 2 aromatic rings. The van der Waals surface area contributed by atoms with Gasteiger partial charge in [-0.1, -0.05) is 19.1 Å². The summed E-state index contributed by atoms with van der Waals surface area (Å²) in [7, 11) is -1.99. The zero-order valence-electron chi connectivity index (χ0n) is 20.8. The Kier molecular flexibility index (Phi) is 9.16. The molecule has 2 aromatic carbocycles. The molecule has 0 aromatic heterocycles. The third-order valence-electron chi connectivity index (χ3n) is 6.19. The van der Waals surface area contributed by atoms with Gasteiger partial charge in [0.05, 0.1) is 12.0 Å². The van der Waals surface area contributed by atoms with Crippen molar-refractivity contribution in [3.05, 3.63) is 54.1 Å². The van der Waals surface area contributed by atoms with Crippen LogP contribution in [0.2, 0.25) is 0 Å². The first-order valence-corrected chi connectivity index (χ1v) is 14.6. The van der Waals surface area contributed by atoms with Gasteiger partial charge in [-0.2, -0.15) is 12.7 Å². The molecule has 0 aliphatic carbocycles. The summed E-state index contributed by atoms with van der Waals surface area (Å²) in [5.41, 5.74) is 1.96. The molecule has 1 fully saturated rings. The monoisotopic (exact) mass is 524 g/mol. The number of benzene rings is 2. The number of nitrogens with one attached hydrogen (secondary N) is 2. The molecule has 0 amide bonds. The van der Waals surface area contributed by atoms with E-state index in [1.807, 2.05) is 43.3 Å². The van der Waals surface area contributed by atoms with Crippen LogP contribution in [0.3, 0.4) is 0 Å². The zero-order chi connectivity index (χ0) is 25.6. The minimum atomic E-state index is -3.68. The number of hydrogen-bond donors (Lipinski definition) is 2. The Bertz CT molecular complexity index is 1180. The number of ether oxygens (including phenoxy) is 1. The Balaban J connectivity index is 1.53. The highest BCUT2D eigenvalue weighted by atomic mass is 32.2. The van der Waals surface area contributed by atoms with Gasteiger partial charge in [0.15, 0.2) is 0 Å². The van der Waals surface area contributed by atoms with Crippen molar-refractivity contribution in [3.8, 4) is 5.75 Å². The van der Waals surface area contributed by atoms with Crippen LogP contribution in [0.4, 0.5) is 5.69 Å². The predicted octanol–water partition coefficient (Wildman–Crippen LogP) is 2.39. The highest BCUT2D eigenvalue weighted by Gasteiger charge is 2.30. The van der Waals surface area contributed by atoms with E-state index in [1.165, 1.54) is 4.31 Å². The van der Waals surface area contributed by atoms with Gasteiger partial charge in [0.25, 0.3) is 10.2 Å². The first-order valence-electron chi connectivity index (χ1n) is 11.7. The molecule has 2 atom stereocenters. The number of methoxy groups -OCH3 is 1. The van der Waals surface area contributed by atoms with Crippen LogP contribution in [0.25, 0.3) is 0 Å². The van der Waals surface area contributed by atoms with Crippen LogP contribution in [0.15, 0.2) is 53.4 Å². The summed E-state index contributed by atoms with van der Waals surface area (Å²) in [5, 5.41) is 0. The Morgan fingerprint density at radius 2 is 1.74 bits per heavy atom. The molecule has 1 heterocycles. The van der Waals surface area contributed by atoms with Crippen molar-refractivity contribution in [1.29, 1.82) is 0 Å². The Labute approximate surface area is 209 Å². The lowest BCUT2D eigenvalue weighted by atomic mass is 9.91. The van der Waals surface area contributed by atoms with Gasteiger partial charge >= 0.3 is 0 Å². The molecule has 11 heteroatoms. The van der Waals surface area contributed by atoms with Crippen LogP contribution in [0, 0.1) is 5.92 Å². The summed E-state index contributed by atoms with van der Waals surface area (Å²) >= 11 is 0. The van der Waals surface area contributed by atoms with E-state index in [2.05, 4.69) is 9.44 Å². The summed E-state index contributed by atoms with van der Waals surface area (Å²) in [6.45, 7) is 2.90. The zero-order valence-corrected chi connectivity index (χ0v) is 22.4. The maximum absolute atomic E-state index is 12.9. The molecule has 0 radical (unpaired) electrons. The largest absolute Gasteiger partial charge is 0.497 e. The number of piperidine rings is 1. The highest BCUT2D eigenvalue weighted by Crippen LogP contribution is 2.30. The second-order valence-electron chi connectivity index (χ2n) is 9.17. The minimum Gasteiger partial charge on any atom is -0.497 e. The Morgan fingerprint density at radius 3 is 2.40 bits per heavy atom. The van der Waals surface area contributed by atoms with Crippen LogP contribution in [-0.2, 0) is 20.2 Å². The molecule has 0 saturated carbocycles. The first kappa shape index (κ1) is 27.4. The van der Waals surface area contributed by atoms with Crippen LogP contribution >= 0.6 is 0 Å². The van der Waals surface area contributed by atoms with E-state index < -0.39 is 20.2 Å². The maximum Gasteiger partial charge on any atom is 0.279 e. The molecule has 2 N–H and O–H groups in total. The van der Waals surface area contributed by atoms with E-state index in [0.717, 1.165) is 29.8 Å². The summed E-state index contributed by atoms with van der Waals surface area (Å²) < 4.78 is 63.1. The molecule has 1 aliphatic heterocycles. The van der Waals surface area contributed by atoms with Crippen molar-refractivity contribution in [1.82, 2.24) is 13.7 Å². The summed E-state index contributed by atoms with van der Waals surface area (Å²) in [6, 6.07) is 14.3. The normalized spacial score (nSPS) is 18.2. The average Bonchev–Trinajstić information content (AvgIpc) is 2.86. The van der Waals surface area contributed by atoms with E-state index in [-0.39, 0.29) is 29.8 Å². The number of sulfonamides is 1. The lowest BCUT2D eigenvalue weighted by molar-refractivity contribution is 0.310. The third-order valence-corrected chi connectivity index (χ3v) is 9.17. The lowest BCUT2D eigenvalue weighted by Crippen LogP contribution is -2.47. The second-order valence-corrected chi connectivity index (χ2v) is 12.7. The first-order chi connectivity index (χ1) is 16.5. The van der Waals surface area contributed by atoms with E-state index in [4.69, 9.17) is 4.74 Å². The second kappa shape index (κ2) is 11.7. The molecule has 3 rings (SSSR count). The van der Waals surface area contributed by atoms with Crippen molar-refractivity contribution >= 4 is 25.9 Å². The van der Waals surface area contributed by atoms with Crippen LogP contribution < -0.4 is 19.1 Å². The molecule has 1 unspecified atom stereocenters. The Morgan fingerprint density at radius 1 is 1.06 bits per heavy atom. The topological polar surface area (TPSA) is 108 Å². The fourth-order valence-electron chi connectivity index (χ4n) is 4.00. The van der Waals surface area contributed by atoms with Gasteiger partial charge in [-0.3, -0.25) is 0 Å². The Hall–Kier alpha value is -2.18. The quantitative estimate of drug-likeness (QED) is 0.467. The number of nitrogens with zero attached hydrogens (tertiary/aromatic N) is 2. The van der Waals surface area contributed by atoms with Gasteiger partial charge in [-0.15, -0.1) is 0 Å². The van der Waals surface area contributed by atoms with Gasteiger partial charge < -0.3 is 9.64 Å².